The summed E-state index contributed by atoms with van der Waals surface area (Å²) in [7, 11) is 1.60. The smallest absolute Gasteiger partial charge is 0.227 e. The highest BCUT2D eigenvalue weighted by Crippen LogP contribution is 2.28. The Morgan fingerprint density at radius 1 is 1.23 bits per heavy atom. The summed E-state index contributed by atoms with van der Waals surface area (Å²) in [6.45, 7) is 5.13. The van der Waals surface area contributed by atoms with E-state index in [4.69, 9.17) is 9.72 Å². The zero-order chi connectivity index (χ0) is 21.3. The van der Waals surface area contributed by atoms with E-state index in [9.17, 15) is 9.59 Å². The number of carbonyl (C=O) groups is 2. The van der Waals surface area contributed by atoms with E-state index < -0.39 is 0 Å². The molecule has 7 heteroatoms. The average molecular weight is 406 g/mol. The third-order valence-corrected chi connectivity index (χ3v) is 5.63. The molecule has 1 aliphatic heterocycles. The van der Waals surface area contributed by atoms with Crippen LogP contribution in [0.3, 0.4) is 0 Å². The van der Waals surface area contributed by atoms with Crippen LogP contribution in [0.1, 0.15) is 32.1 Å². The number of ether oxygens (including phenoxy) is 1. The lowest BCUT2D eigenvalue weighted by atomic mass is 10.1. The summed E-state index contributed by atoms with van der Waals surface area (Å²) in [5.74, 6) is 0.993. The number of hydrogen-bond donors (Lipinski definition) is 1. The first-order valence-electron chi connectivity index (χ1n) is 10.2. The number of nitrogens with zero attached hydrogens (tertiary/aromatic N) is 3. The van der Waals surface area contributed by atoms with Crippen LogP contribution in [0.2, 0.25) is 0 Å². The highest BCUT2D eigenvalue weighted by molar-refractivity contribution is 6.00. The molecular weight excluding hydrogens is 380 g/mol. The Hall–Kier alpha value is -3.35. The molecule has 1 saturated heterocycles. The number of anilines is 1. The summed E-state index contributed by atoms with van der Waals surface area (Å²) in [5, 5.41) is 3.06. The molecule has 30 heavy (non-hydrogen) atoms. The van der Waals surface area contributed by atoms with Crippen molar-refractivity contribution in [3.63, 3.8) is 0 Å². The molecule has 0 aliphatic carbocycles. The molecule has 2 heterocycles. The number of methoxy groups -OCH3 is 1. The second kappa shape index (κ2) is 8.18. The molecule has 2 atom stereocenters. The van der Waals surface area contributed by atoms with Gasteiger partial charge in [-0.05, 0) is 50.2 Å². The van der Waals surface area contributed by atoms with Crippen molar-refractivity contribution >= 4 is 28.5 Å². The second-order valence-electron chi connectivity index (χ2n) is 7.54. The van der Waals surface area contributed by atoms with Crippen molar-refractivity contribution < 1.29 is 14.3 Å². The van der Waals surface area contributed by atoms with E-state index in [0.717, 1.165) is 34.8 Å². The van der Waals surface area contributed by atoms with Crippen LogP contribution in [0.25, 0.3) is 11.0 Å². The molecule has 156 valence electrons. The highest BCUT2D eigenvalue weighted by Gasteiger charge is 2.36. The molecule has 1 fully saturated rings. The van der Waals surface area contributed by atoms with Crippen molar-refractivity contribution in [2.24, 2.45) is 5.92 Å². The van der Waals surface area contributed by atoms with Gasteiger partial charge in [-0.2, -0.15) is 0 Å². The van der Waals surface area contributed by atoms with Crippen molar-refractivity contribution in [3.05, 3.63) is 54.4 Å². The number of rotatable bonds is 6. The third-order valence-electron chi connectivity index (χ3n) is 5.63. The van der Waals surface area contributed by atoms with Crippen molar-refractivity contribution in [1.82, 2.24) is 14.9 Å². The number of aromatic nitrogens is 2. The lowest BCUT2D eigenvalue weighted by Crippen LogP contribution is -2.35. The van der Waals surface area contributed by atoms with Crippen molar-refractivity contribution in [2.45, 2.75) is 32.9 Å². The normalized spacial score (nSPS) is 17.4. The Morgan fingerprint density at radius 3 is 2.67 bits per heavy atom. The summed E-state index contributed by atoms with van der Waals surface area (Å²) < 4.78 is 7.28. The van der Waals surface area contributed by atoms with Crippen molar-refractivity contribution in [3.8, 4) is 5.75 Å². The minimum absolute atomic E-state index is 0.0474. The lowest BCUT2D eigenvalue weighted by Gasteiger charge is -2.19. The highest BCUT2D eigenvalue weighted by atomic mass is 16.5. The largest absolute Gasteiger partial charge is 0.497 e. The SMILES string of the molecule is CCn1c(C(C)NC(=O)C2CC(=O)N(c3ccc(OC)cc3)C2)nc2ccccc21. The molecule has 7 nitrogen and oxygen atoms in total. The first-order chi connectivity index (χ1) is 14.5. The standard InChI is InChI=1S/C23H26N4O3/c1-4-26-20-8-6-5-7-19(20)25-22(26)15(2)24-23(29)16-13-21(28)27(14-16)17-9-11-18(30-3)12-10-17/h5-12,15-16H,4,13-14H2,1-3H3,(H,24,29). The Balaban J connectivity index is 1.47. The maximum absolute atomic E-state index is 12.9. The van der Waals surface area contributed by atoms with Crippen LogP contribution < -0.4 is 15.0 Å². The molecule has 0 spiro atoms. The molecule has 2 amide bonds. The van der Waals surface area contributed by atoms with Crippen LogP contribution in [-0.4, -0.2) is 35.0 Å². The number of hydrogen-bond acceptors (Lipinski definition) is 4. The fraction of sp³-hybridized carbons (Fsp3) is 0.348. The van der Waals surface area contributed by atoms with E-state index in [0.29, 0.717) is 6.54 Å². The maximum Gasteiger partial charge on any atom is 0.227 e. The van der Waals surface area contributed by atoms with Gasteiger partial charge in [0, 0.05) is 25.2 Å². The predicted octanol–water partition coefficient (Wildman–Crippen LogP) is 3.30. The number of carbonyl (C=O) groups excluding carboxylic acids is 2. The van der Waals surface area contributed by atoms with E-state index >= 15 is 0 Å². The van der Waals surface area contributed by atoms with Gasteiger partial charge >= 0.3 is 0 Å². The maximum atomic E-state index is 12.9. The van der Waals surface area contributed by atoms with Gasteiger partial charge < -0.3 is 19.5 Å². The molecule has 2 unspecified atom stereocenters. The van der Waals surface area contributed by atoms with Crippen molar-refractivity contribution in [2.75, 3.05) is 18.6 Å². The number of imidazole rings is 1. The summed E-state index contributed by atoms with van der Waals surface area (Å²) in [6.07, 6.45) is 0.203. The van der Waals surface area contributed by atoms with Gasteiger partial charge in [0.15, 0.2) is 0 Å². The fourth-order valence-corrected chi connectivity index (χ4v) is 4.05. The monoisotopic (exact) mass is 406 g/mol. The molecule has 0 radical (unpaired) electrons. The molecule has 1 aliphatic rings. The average Bonchev–Trinajstić information content (AvgIpc) is 3.34. The Morgan fingerprint density at radius 2 is 1.97 bits per heavy atom. The van der Waals surface area contributed by atoms with Crippen LogP contribution in [0.15, 0.2) is 48.5 Å². The van der Waals surface area contributed by atoms with E-state index in [2.05, 4.69) is 16.8 Å². The van der Waals surface area contributed by atoms with Crippen LogP contribution in [0.5, 0.6) is 5.75 Å². The van der Waals surface area contributed by atoms with Crippen LogP contribution >= 0.6 is 0 Å². The van der Waals surface area contributed by atoms with Gasteiger partial charge in [-0.15, -0.1) is 0 Å². The van der Waals surface area contributed by atoms with E-state index in [-0.39, 0.29) is 30.2 Å². The van der Waals surface area contributed by atoms with E-state index in [1.54, 1.807) is 12.0 Å². The molecule has 1 N–H and O–H groups in total. The number of para-hydroxylation sites is 2. The molecule has 1 aromatic heterocycles. The first kappa shape index (κ1) is 19.9. The fourth-order valence-electron chi connectivity index (χ4n) is 4.05. The number of nitrogens with one attached hydrogen (secondary N) is 1. The van der Waals surface area contributed by atoms with Gasteiger partial charge in [-0.1, -0.05) is 12.1 Å². The molecule has 4 rings (SSSR count). The van der Waals surface area contributed by atoms with Gasteiger partial charge in [-0.3, -0.25) is 9.59 Å². The predicted molar refractivity (Wildman–Crippen MR) is 115 cm³/mol. The van der Waals surface area contributed by atoms with Crippen molar-refractivity contribution in [1.29, 1.82) is 0 Å². The zero-order valence-corrected chi connectivity index (χ0v) is 17.5. The minimum atomic E-state index is -0.387. The number of fused-ring (bicyclic) bond motifs is 1. The number of amides is 2. The van der Waals surface area contributed by atoms with E-state index in [1.807, 2.05) is 55.5 Å². The van der Waals surface area contributed by atoms with Crippen LogP contribution in [0, 0.1) is 5.92 Å². The Bertz CT molecular complexity index is 1070. The van der Waals surface area contributed by atoms with E-state index in [1.165, 1.54) is 0 Å². The zero-order valence-electron chi connectivity index (χ0n) is 17.5. The van der Waals surface area contributed by atoms with Gasteiger partial charge in [0.05, 0.1) is 30.1 Å². The quantitative estimate of drug-likeness (QED) is 0.682. The summed E-state index contributed by atoms with van der Waals surface area (Å²) in [4.78, 5) is 31.8. The first-order valence-corrected chi connectivity index (χ1v) is 10.2. The lowest BCUT2D eigenvalue weighted by molar-refractivity contribution is -0.126. The topological polar surface area (TPSA) is 76.5 Å². The molecule has 0 saturated carbocycles. The second-order valence-corrected chi connectivity index (χ2v) is 7.54. The third kappa shape index (κ3) is 3.63. The Kier molecular flexibility index (Phi) is 5.44. The number of benzene rings is 2. The summed E-state index contributed by atoms with van der Waals surface area (Å²) in [5.41, 5.74) is 2.74. The molecule has 3 aromatic rings. The molecular formula is C23H26N4O3. The van der Waals surface area contributed by atoms with Gasteiger partial charge in [0.1, 0.15) is 11.6 Å². The minimum Gasteiger partial charge on any atom is -0.497 e. The molecule has 2 aromatic carbocycles. The van der Waals surface area contributed by atoms with Gasteiger partial charge in [0.25, 0.3) is 0 Å². The van der Waals surface area contributed by atoms with Gasteiger partial charge in [0.2, 0.25) is 11.8 Å². The van der Waals surface area contributed by atoms with Gasteiger partial charge in [-0.25, -0.2) is 4.98 Å². The Labute approximate surface area is 175 Å². The molecule has 0 bridgehead atoms. The number of aryl methyl sites for hydroxylation is 1. The van der Waals surface area contributed by atoms with Crippen LogP contribution in [-0.2, 0) is 16.1 Å². The summed E-state index contributed by atoms with van der Waals surface area (Å²) >= 11 is 0. The summed E-state index contributed by atoms with van der Waals surface area (Å²) in [6, 6.07) is 15.0. The van der Waals surface area contributed by atoms with Crippen LogP contribution in [0.4, 0.5) is 5.69 Å².